The first-order chi connectivity index (χ1) is 13.1. The number of hydrogen-bond donors (Lipinski definition) is 0. The molecule has 1 fully saturated rings. The van der Waals surface area contributed by atoms with Crippen molar-refractivity contribution in [3.63, 3.8) is 0 Å². The van der Waals surface area contributed by atoms with E-state index in [4.69, 9.17) is 4.74 Å². The van der Waals surface area contributed by atoms with E-state index in [1.165, 1.54) is 0 Å². The number of rotatable bonds is 5. The fourth-order valence-electron chi connectivity index (χ4n) is 3.52. The molecule has 0 atom stereocenters. The Morgan fingerprint density at radius 1 is 1.07 bits per heavy atom. The van der Waals surface area contributed by atoms with Crippen molar-refractivity contribution in [1.82, 2.24) is 9.80 Å². The molecule has 0 aromatic heterocycles. The number of likely N-dealkylation sites (tertiary alicyclic amines) is 1. The molecule has 142 valence electrons. The maximum atomic E-state index is 12.7. The molecule has 1 aliphatic rings. The van der Waals surface area contributed by atoms with E-state index < -0.39 is 0 Å². The molecule has 0 bridgehead atoms. The van der Waals surface area contributed by atoms with E-state index in [0.717, 1.165) is 5.56 Å². The normalized spacial score (nSPS) is 14.7. The first-order valence-electron chi connectivity index (χ1n) is 9.30. The highest BCUT2D eigenvalue weighted by atomic mass is 16.5. The van der Waals surface area contributed by atoms with Crippen LogP contribution in [0.1, 0.15) is 28.8 Å². The SMILES string of the molecule is COc1cccc(C(=O)N2CCC(C(=O)N(C)Cc3ccccc3)CC2)c1. The minimum atomic E-state index is -0.0203. The lowest BCUT2D eigenvalue weighted by atomic mass is 9.94. The van der Waals surface area contributed by atoms with Crippen LogP contribution in [-0.2, 0) is 11.3 Å². The van der Waals surface area contributed by atoms with Crippen LogP contribution in [0.3, 0.4) is 0 Å². The van der Waals surface area contributed by atoms with Gasteiger partial charge in [0.25, 0.3) is 5.91 Å². The van der Waals surface area contributed by atoms with Crippen molar-refractivity contribution >= 4 is 11.8 Å². The second kappa shape index (κ2) is 8.71. The summed E-state index contributed by atoms with van der Waals surface area (Å²) in [5, 5.41) is 0. The summed E-state index contributed by atoms with van der Waals surface area (Å²) in [6.07, 6.45) is 1.40. The predicted octanol–water partition coefficient (Wildman–Crippen LogP) is 3.21. The van der Waals surface area contributed by atoms with E-state index >= 15 is 0 Å². The van der Waals surface area contributed by atoms with Crippen LogP contribution in [0.5, 0.6) is 5.75 Å². The molecule has 5 nitrogen and oxygen atoms in total. The fourth-order valence-corrected chi connectivity index (χ4v) is 3.52. The van der Waals surface area contributed by atoms with Crippen LogP contribution in [0, 0.1) is 5.92 Å². The van der Waals surface area contributed by atoms with Gasteiger partial charge in [0.15, 0.2) is 0 Å². The fraction of sp³-hybridized carbons (Fsp3) is 0.364. The van der Waals surface area contributed by atoms with Crippen molar-refractivity contribution in [1.29, 1.82) is 0 Å². The molecule has 2 amide bonds. The maximum absolute atomic E-state index is 12.7. The number of ether oxygens (including phenoxy) is 1. The summed E-state index contributed by atoms with van der Waals surface area (Å²) in [5.74, 6) is 0.811. The molecule has 27 heavy (non-hydrogen) atoms. The van der Waals surface area contributed by atoms with Gasteiger partial charge in [-0.15, -0.1) is 0 Å². The van der Waals surface area contributed by atoms with Gasteiger partial charge in [-0.25, -0.2) is 0 Å². The largest absolute Gasteiger partial charge is 0.497 e. The Morgan fingerprint density at radius 2 is 1.78 bits per heavy atom. The molecule has 0 unspecified atom stereocenters. The van der Waals surface area contributed by atoms with Crippen molar-refractivity contribution in [2.45, 2.75) is 19.4 Å². The second-order valence-electron chi connectivity index (χ2n) is 6.98. The number of nitrogens with zero attached hydrogens (tertiary/aromatic N) is 2. The standard InChI is InChI=1S/C22H26N2O3/c1-23(16-17-7-4-3-5-8-17)21(25)18-11-13-24(14-12-18)22(26)19-9-6-10-20(15-19)27-2/h3-10,15,18H,11-14,16H2,1-2H3. The van der Waals surface area contributed by atoms with Crippen molar-refractivity contribution < 1.29 is 14.3 Å². The number of amides is 2. The van der Waals surface area contributed by atoms with E-state index in [1.54, 1.807) is 24.1 Å². The number of carbonyl (C=O) groups is 2. The van der Waals surface area contributed by atoms with Gasteiger partial charge < -0.3 is 14.5 Å². The highest BCUT2D eigenvalue weighted by Crippen LogP contribution is 2.22. The molecule has 0 N–H and O–H groups in total. The molecule has 1 aliphatic heterocycles. The van der Waals surface area contributed by atoms with E-state index in [2.05, 4.69) is 0 Å². The van der Waals surface area contributed by atoms with Crippen LogP contribution in [0.2, 0.25) is 0 Å². The smallest absolute Gasteiger partial charge is 0.253 e. The monoisotopic (exact) mass is 366 g/mol. The van der Waals surface area contributed by atoms with E-state index in [1.807, 2.05) is 54.4 Å². The third-order valence-electron chi connectivity index (χ3n) is 5.09. The number of carbonyl (C=O) groups excluding carboxylic acids is 2. The van der Waals surface area contributed by atoms with Gasteiger partial charge >= 0.3 is 0 Å². The Bertz CT molecular complexity index is 783. The van der Waals surface area contributed by atoms with Gasteiger partial charge in [0.1, 0.15) is 5.75 Å². The Kier molecular flexibility index (Phi) is 6.12. The summed E-state index contributed by atoms with van der Waals surface area (Å²) in [7, 11) is 3.44. The van der Waals surface area contributed by atoms with Gasteiger partial charge in [0.05, 0.1) is 7.11 Å². The van der Waals surface area contributed by atoms with E-state index in [9.17, 15) is 9.59 Å². The van der Waals surface area contributed by atoms with Crippen molar-refractivity contribution in [2.24, 2.45) is 5.92 Å². The van der Waals surface area contributed by atoms with Gasteiger partial charge in [-0.3, -0.25) is 9.59 Å². The lowest BCUT2D eigenvalue weighted by Crippen LogP contribution is -2.43. The third-order valence-corrected chi connectivity index (χ3v) is 5.09. The van der Waals surface area contributed by atoms with Gasteiger partial charge in [-0.1, -0.05) is 36.4 Å². The Labute approximate surface area is 160 Å². The molecule has 1 heterocycles. The van der Waals surface area contributed by atoms with Gasteiger partial charge in [-0.05, 0) is 36.6 Å². The number of piperidine rings is 1. The first-order valence-corrected chi connectivity index (χ1v) is 9.30. The van der Waals surface area contributed by atoms with Crippen molar-refractivity contribution in [3.05, 3.63) is 65.7 Å². The minimum Gasteiger partial charge on any atom is -0.497 e. The number of methoxy groups -OCH3 is 1. The highest BCUT2D eigenvalue weighted by molar-refractivity contribution is 5.94. The summed E-state index contributed by atoms with van der Waals surface area (Å²) in [5.41, 5.74) is 1.75. The van der Waals surface area contributed by atoms with Crippen molar-refractivity contribution in [2.75, 3.05) is 27.2 Å². The predicted molar refractivity (Wildman–Crippen MR) is 105 cm³/mol. The maximum Gasteiger partial charge on any atom is 0.253 e. The lowest BCUT2D eigenvalue weighted by Gasteiger charge is -2.33. The van der Waals surface area contributed by atoms with Crippen LogP contribution in [0.4, 0.5) is 0 Å². The highest BCUT2D eigenvalue weighted by Gasteiger charge is 2.29. The quantitative estimate of drug-likeness (QED) is 0.816. The lowest BCUT2D eigenvalue weighted by molar-refractivity contribution is -0.136. The van der Waals surface area contributed by atoms with Gasteiger partial charge in [0, 0.05) is 38.2 Å². The zero-order chi connectivity index (χ0) is 19.2. The molecule has 0 aliphatic carbocycles. The number of benzene rings is 2. The molecule has 5 heteroatoms. The van der Waals surface area contributed by atoms with Crippen LogP contribution in [0.25, 0.3) is 0 Å². The van der Waals surface area contributed by atoms with Gasteiger partial charge in [0.2, 0.25) is 5.91 Å². The van der Waals surface area contributed by atoms with Crippen LogP contribution in [-0.4, -0.2) is 48.9 Å². The Hall–Kier alpha value is -2.82. The van der Waals surface area contributed by atoms with Crippen LogP contribution in [0.15, 0.2) is 54.6 Å². The summed E-state index contributed by atoms with van der Waals surface area (Å²) in [6.45, 7) is 1.82. The zero-order valence-electron chi connectivity index (χ0n) is 15.9. The summed E-state index contributed by atoms with van der Waals surface area (Å²) >= 11 is 0. The molecular formula is C22H26N2O3. The summed E-state index contributed by atoms with van der Waals surface area (Å²) < 4.78 is 5.20. The molecule has 0 spiro atoms. The molecule has 0 radical (unpaired) electrons. The molecule has 0 saturated carbocycles. The average Bonchev–Trinajstić information content (AvgIpc) is 2.73. The molecule has 2 aromatic carbocycles. The first kappa shape index (κ1) is 19.0. The van der Waals surface area contributed by atoms with Gasteiger partial charge in [-0.2, -0.15) is 0 Å². The van der Waals surface area contributed by atoms with E-state index in [0.29, 0.717) is 43.8 Å². The number of hydrogen-bond acceptors (Lipinski definition) is 3. The topological polar surface area (TPSA) is 49.9 Å². The molecule has 3 rings (SSSR count). The zero-order valence-corrected chi connectivity index (χ0v) is 15.9. The van der Waals surface area contributed by atoms with Crippen molar-refractivity contribution in [3.8, 4) is 5.75 Å². The minimum absolute atomic E-state index is 0.00237. The van der Waals surface area contributed by atoms with Crippen LogP contribution >= 0.6 is 0 Å². The molecular weight excluding hydrogens is 340 g/mol. The summed E-state index contributed by atoms with van der Waals surface area (Å²) in [4.78, 5) is 29.1. The Balaban J connectivity index is 1.54. The van der Waals surface area contributed by atoms with Crippen LogP contribution < -0.4 is 4.74 Å². The van der Waals surface area contributed by atoms with E-state index in [-0.39, 0.29) is 17.7 Å². The molecule has 1 saturated heterocycles. The average molecular weight is 366 g/mol. The second-order valence-corrected chi connectivity index (χ2v) is 6.98. The Morgan fingerprint density at radius 3 is 2.44 bits per heavy atom. The molecule has 2 aromatic rings. The third kappa shape index (κ3) is 4.67. The summed E-state index contributed by atoms with van der Waals surface area (Å²) in [6, 6.07) is 17.2.